The first-order valence-electron chi connectivity index (χ1n) is 12.2. The number of carbonyl (C=O) groups excluding carboxylic acids is 1. The van der Waals surface area contributed by atoms with Gasteiger partial charge in [0.2, 0.25) is 0 Å². The number of fused-ring (bicyclic) bond motifs is 2. The van der Waals surface area contributed by atoms with E-state index in [0.29, 0.717) is 40.9 Å². The van der Waals surface area contributed by atoms with E-state index in [9.17, 15) is 9.59 Å². The molecule has 0 aliphatic heterocycles. The Hall–Kier alpha value is -3.88. The number of aromatic nitrogens is 1. The third-order valence-corrected chi connectivity index (χ3v) is 6.41. The van der Waals surface area contributed by atoms with Crippen molar-refractivity contribution >= 4 is 33.4 Å². The van der Waals surface area contributed by atoms with E-state index in [0.717, 1.165) is 36.0 Å². The topological polar surface area (TPSA) is 125 Å². The summed E-state index contributed by atoms with van der Waals surface area (Å²) in [7, 11) is 3.24. The highest BCUT2D eigenvalue weighted by Crippen LogP contribution is 2.27. The summed E-state index contributed by atoms with van der Waals surface area (Å²) in [5.41, 5.74) is 10.9. The van der Waals surface area contributed by atoms with E-state index in [1.807, 2.05) is 54.6 Å². The first-order valence-corrected chi connectivity index (χ1v) is 12.2. The molecule has 8 heteroatoms. The summed E-state index contributed by atoms with van der Waals surface area (Å²) in [6.45, 7) is 1.35. The zero-order chi connectivity index (χ0) is 25.7. The predicted octanol–water partition coefficient (Wildman–Crippen LogP) is 2.18. The lowest BCUT2D eigenvalue weighted by atomic mass is 10.1. The number of quaternary nitrogens is 2. The number of rotatable bonds is 10. The van der Waals surface area contributed by atoms with Crippen molar-refractivity contribution in [1.29, 1.82) is 0 Å². The van der Waals surface area contributed by atoms with Gasteiger partial charge in [-0.2, -0.15) is 0 Å². The first-order chi connectivity index (χ1) is 17.4. The van der Waals surface area contributed by atoms with E-state index in [1.54, 1.807) is 20.3 Å². The molecule has 8 nitrogen and oxygen atoms in total. The monoisotopic (exact) mass is 490 g/mol. The van der Waals surface area contributed by atoms with Crippen LogP contribution in [-0.2, 0) is 11.3 Å². The number of anilines is 1. The zero-order valence-electron chi connectivity index (χ0n) is 20.9. The van der Waals surface area contributed by atoms with Crippen LogP contribution in [-0.4, -0.2) is 37.3 Å². The molecule has 0 aliphatic rings. The van der Waals surface area contributed by atoms with Gasteiger partial charge in [-0.3, -0.25) is 9.59 Å². The van der Waals surface area contributed by atoms with E-state index < -0.39 is 0 Å². The number of carbonyl (C=O) groups is 1. The molecule has 7 N–H and O–H groups in total. The smallest absolute Gasteiger partial charge is 0.282 e. The van der Waals surface area contributed by atoms with Gasteiger partial charge in [0.25, 0.3) is 5.91 Å². The fraction of sp³-hybridized carbons (Fsp3) is 0.286. The number of unbranched alkanes of at least 4 members (excludes halogenated alkanes) is 1. The molecule has 0 spiro atoms. The Balaban J connectivity index is 1.76. The Morgan fingerprint density at radius 1 is 0.944 bits per heavy atom. The van der Waals surface area contributed by atoms with Gasteiger partial charge in [-0.05, 0) is 60.9 Å². The number of pyridine rings is 1. The van der Waals surface area contributed by atoms with Gasteiger partial charge >= 0.3 is 0 Å². The van der Waals surface area contributed by atoms with Crippen LogP contribution < -0.4 is 31.7 Å². The Morgan fingerprint density at radius 3 is 2.33 bits per heavy atom. The number of para-hydroxylation sites is 1. The van der Waals surface area contributed by atoms with E-state index in [4.69, 9.17) is 9.47 Å². The van der Waals surface area contributed by atoms with Crippen LogP contribution >= 0.6 is 0 Å². The minimum Gasteiger partial charge on any atom is -0.497 e. The predicted molar refractivity (Wildman–Crippen MR) is 141 cm³/mol. The molecule has 4 rings (SSSR count). The SMILES string of the molecule is COc1cc(Cn2c3ccccc3c(=O)c3cc(NC(=O)C([NH3+])CCCC[NH3+])ccc32)cc(OC)c1. The maximum absolute atomic E-state index is 13.5. The van der Waals surface area contributed by atoms with E-state index in [2.05, 4.69) is 21.4 Å². The maximum Gasteiger partial charge on any atom is 0.282 e. The summed E-state index contributed by atoms with van der Waals surface area (Å²) < 4.78 is 13.0. The lowest BCUT2D eigenvalue weighted by Gasteiger charge is -2.17. The van der Waals surface area contributed by atoms with Gasteiger partial charge in [0, 0.05) is 35.5 Å². The number of methoxy groups -OCH3 is 2. The lowest BCUT2D eigenvalue weighted by Crippen LogP contribution is -2.66. The molecule has 1 aromatic heterocycles. The van der Waals surface area contributed by atoms with Gasteiger partial charge in [-0.15, -0.1) is 0 Å². The minimum atomic E-state index is -0.358. The molecule has 0 aliphatic carbocycles. The van der Waals surface area contributed by atoms with Crippen molar-refractivity contribution in [2.24, 2.45) is 0 Å². The van der Waals surface area contributed by atoms with Gasteiger partial charge < -0.3 is 30.8 Å². The third kappa shape index (κ3) is 5.35. The van der Waals surface area contributed by atoms with Gasteiger partial charge in [0.05, 0.1) is 31.8 Å². The fourth-order valence-corrected chi connectivity index (χ4v) is 4.46. The molecule has 0 bridgehead atoms. The first kappa shape index (κ1) is 25.2. The van der Waals surface area contributed by atoms with E-state index in [1.165, 1.54) is 0 Å². The van der Waals surface area contributed by atoms with E-state index in [-0.39, 0.29) is 17.4 Å². The average molecular weight is 491 g/mol. The molecule has 0 fully saturated rings. The molecular weight excluding hydrogens is 456 g/mol. The zero-order valence-corrected chi connectivity index (χ0v) is 20.9. The largest absolute Gasteiger partial charge is 0.497 e. The second-order valence-electron chi connectivity index (χ2n) is 8.92. The number of amides is 1. The van der Waals surface area contributed by atoms with Crippen molar-refractivity contribution in [3.05, 3.63) is 76.5 Å². The van der Waals surface area contributed by atoms with Gasteiger partial charge in [0.1, 0.15) is 11.5 Å². The summed E-state index contributed by atoms with van der Waals surface area (Å²) in [5, 5.41) is 4.10. The number of benzene rings is 3. The molecule has 0 saturated carbocycles. The van der Waals surface area contributed by atoms with Crippen molar-refractivity contribution in [3.8, 4) is 11.5 Å². The Labute approximate surface area is 209 Å². The van der Waals surface area contributed by atoms with Crippen LogP contribution in [0, 0.1) is 0 Å². The number of hydrogen-bond donors (Lipinski definition) is 3. The van der Waals surface area contributed by atoms with Crippen LogP contribution in [0.1, 0.15) is 24.8 Å². The Morgan fingerprint density at radius 2 is 1.64 bits per heavy atom. The van der Waals surface area contributed by atoms with Crippen molar-refractivity contribution in [2.75, 3.05) is 26.1 Å². The molecule has 1 unspecified atom stereocenters. The molecule has 4 aromatic rings. The van der Waals surface area contributed by atoms with Gasteiger partial charge in [0.15, 0.2) is 11.5 Å². The van der Waals surface area contributed by atoms with Gasteiger partial charge in [-0.1, -0.05) is 12.1 Å². The molecule has 0 saturated heterocycles. The summed E-state index contributed by atoms with van der Waals surface area (Å²) in [6, 6.07) is 18.4. The molecular formula is C28H34N4O4+2. The van der Waals surface area contributed by atoms with E-state index >= 15 is 0 Å². The van der Waals surface area contributed by atoms with Crippen LogP contribution in [0.25, 0.3) is 21.8 Å². The third-order valence-electron chi connectivity index (χ3n) is 6.41. The average Bonchev–Trinajstić information content (AvgIpc) is 2.90. The summed E-state index contributed by atoms with van der Waals surface area (Å²) in [6.07, 6.45) is 2.59. The number of nitrogens with zero attached hydrogens (tertiary/aromatic N) is 1. The minimum absolute atomic E-state index is 0.0715. The molecule has 1 amide bonds. The second-order valence-corrected chi connectivity index (χ2v) is 8.92. The van der Waals surface area contributed by atoms with Crippen LogP contribution in [0.3, 0.4) is 0 Å². The van der Waals surface area contributed by atoms with Crippen LogP contribution in [0.5, 0.6) is 11.5 Å². The molecule has 0 radical (unpaired) electrons. The van der Waals surface area contributed by atoms with Crippen LogP contribution in [0.2, 0.25) is 0 Å². The highest BCUT2D eigenvalue weighted by Gasteiger charge is 2.18. The summed E-state index contributed by atoms with van der Waals surface area (Å²) in [5.74, 6) is 1.24. The standard InChI is InChI=1S/C28H32N4O4/c1-35-20-13-18(14-21(16-20)36-2)17-32-25-9-4-3-7-22(25)27(33)23-15-19(10-11-26(23)32)31-28(34)24(30)8-5-6-12-29/h3-4,7,9-11,13-16,24H,5-6,8,12,17,29-30H2,1-2H3,(H,31,34)/p+2. The number of ether oxygens (including phenoxy) is 2. The highest BCUT2D eigenvalue weighted by atomic mass is 16.5. The van der Waals surface area contributed by atoms with Crippen molar-refractivity contribution in [3.63, 3.8) is 0 Å². The van der Waals surface area contributed by atoms with Crippen LogP contribution in [0.4, 0.5) is 5.69 Å². The lowest BCUT2D eigenvalue weighted by molar-refractivity contribution is -0.405. The van der Waals surface area contributed by atoms with Crippen molar-refractivity contribution in [1.82, 2.24) is 4.57 Å². The molecule has 3 aromatic carbocycles. The molecule has 36 heavy (non-hydrogen) atoms. The highest BCUT2D eigenvalue weighted by molar-refractivity contribution is 5.98. The maximum atomic E-state index is 13.5. The quantitative estimate of drug-likeness (QED) is 0.233. The Kier molecular flexibility index (Phi) is 7.87. The molecule has 188 valence electrons. The van der Waals surface area contributed by atoms with Gasteiger partial charge in [-0.25, -0.2) is 0 Å². The fourth-order valence-electron chi connectivity index (χ4n) is 4.46. The molecule has 1 atom stereocenters. The summed E-state index contributed by atoms with van der Waals surface area (Å²) >= 11 is 0. The van der Waals surface area contributed by atoms with Crippen LogP contribution in [0.15, 0.2) is 65.5 Å². The summed E-state index contributed by atoms with van der Waals surface area (Å²) in [4.78, 5) is 26.1. The van der Waals surface area contributed by atoms with Crippen molar-refractivity contribution in [2.45, 2.75) is 31.8 Å². The second kappa shape index (κ2) is 11.2. The Bertz CT molecular complexity index is 1420. The number of hydrogen-bond acceptors (Lipinski definition) is 4. The van der Waals surface area contributed by atoms with Crippen molar-refractivity contribution < 1.29 is 25.7 Å². The molecule has 1 heterocycles. The normalized spacial score (nSPS) is 12.0. The number of nitrogens with one attached hydrogen (secondary N) is 1.